The van der Waals surface area contributed by atoms with Crippen molar-refractivity contribution < 1.29 is 0 Å². The van der Waals surface area contributed by atoms with Crippen molar-refractivity contribution in [2.45, 2.75) is 19.9 Å². The Morgan fingerprint density at radius 1 is 1.54 bits per heavy atom. The molecule has 0 amide bonds. The van der Waals surface area contributed by atoms with E-state index < -0.39 is 0 Å². The second kappa shape index (κ2) is 5.95. The Bertz CT molecular complexity index is 250. The molecule has 3 heteroatoms. The molecule has 0 atom stereocenters. The molecular formula is C10H15ClN2. The third-order valence-corrected chi connectivity index (χ3v) is 2.16. The van der Waals surface area contributed by atoms with Crippen LogP contribution in [0.5, 0.6) is 0 Å². The normalized spacial score (nSPS) is 10.3. The van der Waals surface area contributed by atoms with Crippen LogP contribution in [0.3, 0.4) is 0 Å². The highest BCUT2D eigenvalue weighted by Gasteiger charge is 1.96. The van der Waals surface area contributed by atoms with Crippen LogP contribution in [-0.4, -0.2) is 17.4 Å². The molecule has 72 valence electrons. The van der Waals surface area contributed by atoms with Gasteiger partial charge in [0.05, 0.1) is 5.69 Å². The zero-order valence-electron chi connectivity index (χ0n) is 7.89. The van der Waals surface area contributed by atoms with Gasteiger partial charge in [0.25, 0.3) is 0 Å². The average molecular weight is 199 g/mol. The molecule has 0 radical (unpaired) electrons. The van der Waals surface area contributed by atoms with Crippen LogP contribution < -0.4 is 5.32 Å². The molecule has 0 spiro atoms. The molecule has 0 saturated carbocycles. The Hall–Kier alpha value is -0.600. The summed E-state index contributed by atoms with van der Waals surface area (Å²) in [6.07, 6.45) is 2.83. The first-order valence-corrected chi connectivity index (χ1v) is 5.05. The van der Waals surface area contributed by atoms with Gasteiger partial charge < -0.3 is 5.32 Å². The van der Waals surface area contributed by atoms with Gasteiger partial charge in [0.2, 0.25) is 0 Å². The number of aromatic nitrogens is 1. The molecule has 0 aromatic carbocycles. The Morgan fingerprint density at radius 3 is 3.08 bits per heavy atom. The monoisotopic (exact) mass is 198 g/mol. The van der Waals surface area contributed by atoms with E-state index in [0.29, 0.717) is 5.88 Å². The maximum Gasteiger partial charge on any atom is 0.0570 e. The molecule has 0 bridgehead atoms. The van der Waals surface area contributed by atoms with Gasteiger partial charge in [-0.05, 0) is 31.5 Å². The standard InChI is InChI=1S/C10H15ClN2/c1-9-4-2-7-13-10(9)8-12-6-3-5-11/h2,4,7,12H,3,5-6,8H2,1H3. The van der Waals surface area contributed by atoms with E-state index in [-0.39, 0.29) is 0 Å². The lowest BCUT2D eigenvalue weighted by Crippen LogP contribution is -2.16. The molecule has 1 N–H and O–H groups in total. The van der Waals surface area contributed by atoms with Gasteiger partial charge in [0.15, 0.2) is 0 Å². The number of rotatable bonds is 5. The van der Waals surface area contributed by atoms with Crippen molar-refractivity contribution in [3.05, 3.63) is 29.6 Å². The van der Waals surface area contributed by atoms with Gasteiger partial charge in [-0.2, -0.15) is 0 Å². The van der Waals surface area contributed by atoms with Crippen molar-refractivity contribution in [1.29, 1.82) is 0 Å². The zero-order valence-corrected chi connectivity index (χ0v) is 8.64. The van der Waals surface area contributed by atoms with Crippen LogP contribution >= 0.6 is 11.6 Å². The van der Waals surface area contributed by atoms with Crippen LogP contribution in [0.15, 0.2) is 18.3 Å². The second-order valence-corrected chi connectivity index (χ2v) is 3.36. The van der Waals surface area contributed by atoms with Crippen LogP contribution in [0.1, 0.15) is 17.7 Å². The molecule has 1 aromatic rings. The Kier molecular flexibility index (Phi) is 4.79. The molecule has 0 saturated heterocycles. The van der Waals surface area contributed by atoms with Gasteiger partial charge in [-0.15, -0.1) is 11.6 Å². The van der Waals surface area contributed by atoms with E-state index >= 15 is 0 Å². The largest absolute Gasteiger partial charge is 0.311 e. The smallest absolute Gasteiger partial charge is 0.0570 e. The number of alkyl halides is 1. The molecule has 0 unspecified atom stereocenters. The maximum absolute atomic E-state index is 5.56. The summed E-state index contributed by atoms with van der Waals surface area (Å²) in [7, 11) is 0. The predicted molar refractivity (Wildman–Crippen MR) is 56.0 cm³/mol. The average Bonchev–Trinajstić information content (AvgIpc) is 2.15. The molecule has 0 aliphatic heterocycles. The summed E-state index contributed by atoms with van der Waals surface area (Å²) >= 11 is 5.56. The fourth-order valence-electron chi connectivity index (χ4n) is 1.10. The fraction of sp³-hybridized carbons (Fsp3) is 0.500. The highest BCUT2D eigenvalue weighted by Crippen LogP contribution is 2.01. The highest BCUT2D eigenvalue weighted by molar-refractivity contribution is 6.17. The third-order valence-electron chi connectivity index (χ3n) is 1.90. The lowest BCUT2D eigenvalue weighted by Gasteiger charge is -2.05. The minimum Gasteiger partial charge on any atom is -0.311 e. The van der Waals surface area contributed by atoms with E-state index in [2.05, 4.69) is 23.3 Å². The number of pyridine rings is 1. The second-order valence-electron chi connectivity index (χ2n) is 2.99. The van der Waals surface area contributed by atoms with Crippen LogP contribution in [0.25, 0.3) is 0 Å². The lowest BCUT2D eigenvalue weighted by atomic mass is 10.2. The molecule has 0 fully saturated rings. The summed E-state index contributed by atoms with van der Waals surface area (Å²) in [5.74, 6) is 0.716. The first-order chi connectivity index (χ1) is 6.34. The van der Waals surface area contributed by atoms with E-state index in [1.807, 2.05) is 12.3 Å². The van der Waals surface area contributed by atoms with E-state index in [4.69, 9.17) is 11.6 Å². The van der Waals surface area contributed by atoms with Crippen molar-refractivity contribution in [1.82, 2.24) is 10.3 Å². The summed E-state index contributed by atoms with van der Waals surface area (Å²) in [5.41, 5.74) is 2.36. The summed E-state index contributed by atoms with van der Waals surface area (Å²) in [6, 6.07) is 4.03. The van der Waals surface area contributed by atoms with E-state index in [1.54, 1.807) is 0 Å². The minimum atomic E-state index is 0.716. The number of aryl methyl sites for hydroxylation is 1. The van der Waals surface area contributed by atoms with Crippen molar-refractivity contribution in [3.8, 4) is 0 Å². The van der Waals surface area contributed by atoms with Crippen LogP contribution in [-0.2, 0) is 6.54 Å². The van der Waals surface area contributed by atoms with Crippen molar-refractivity contribution in [3.63, 3.8) is 0 Å². The first kappa shape index (κ1) is 10.5. The summed E-state index contributed by atoms with van der Waals surface area (Å²) in [5, 5.41) is 3.30. The summed E-state index contributed by atoms with van der Waals surface area (Å²) < 4.78 is 0. The Labute approximate surface area is 84.3 Å². The number of nitrogens with zero attached hydrogens (tertiary/aromatic N) is 1. The van der Waals surface area contributed by atoms with E-state index in [9.17, 15) is 0 Å². The molecule has 1 heterocycles. The van der Waals surface area contributed by atoms with Gasteiger partial charge in [-0.1, -0.05) is 6.07 Å². The molecule has 13 heavy (non-hydrogen) atoms. The van der Waals surface area contributed by atoms with E-state index in [0.717, 1.165) is 25.2 Å². The molecule has 0 aliphatic carbocycles. The van der Waals surface area contributed by atoms with Crippen molar-refractivity contribution in [2.24, 2.45) is 0 Å². The number of nitrogens with one attached hydrogen (secondary N) is 1. The highest BCUT2D eigenvalue weighted by atomic mass is 35.5. The van der Waals surface area contributed by atoms with Gasteiger partial charge in [-0.3, -0.25) is 4.98 Å². The lowest BCUT2D eigenvalue weighted by molar-refractivity contribution is 0.663. The number of halogens is 1. The number of hydrogen-bond donors (Lipinski definition) is 1. The topological polar surface area (TPSA) is 24.9 Å². The molecular weight excluding hydrogens is 184 g/mol. The molecule has 2 nitrogen and oxygen atoms in total. The summed E-state index contributed by atoms with van der Waals surface area (Å²) in [6.45, 7) is 3.87. The van der Waals surface area contributed by atoms with Gasteiger partial charge in [0, 0.05) is 18.6 Å². The third kappa shape index (κ3) is 3.75. The van der Waals surface area contributed by atoms with Crippen LogP contribution in [0.2, 0.25) is 0 Å². The molecule has 0 aliphatic rings. The Morgan fingerprint density at radius 2 is 2.38 bits per heavy atom. The predicted octanol–water partition coefficient (Wildman–Crippen LogP) is 2.11. The van der Waals surface area contributed by atoms with Gasteiger partial charge in [-0.25, -0.2) is 0 Å². The van der Waals surface area contributed by atoms with Gasteiger partial charge in [0.1, 0.15) is 0 Å². The quantitative estimate of drug-likeness (QED) is 0.579. The van der Waals surface area contributed by atoms with Crippen molar-refractivity contribution >= 4 is 11.6 Å². The van der Waals surface area contributed by atoms with Crippen LogP contribution in [0, 0.1) is 6.92 Å². The molecule has 1 rings (SSSR count). The summed E-state index contributed by atoms with van der Waals surface area (Å²) in [4.78, 5) is 4.28. The fourth-order valence-corrected chi connectivity index (χ4v) is 1.24. The Balaban J connectivity index is 2.32. The maximum atomic E-state index is 5.56. The molecule has 1 aromatic heterocycles. The minimum absolute atomic E-state index is 0.716. The zero-order chi connectivity index (χ0) is 9.52. The SMILES string of the molecule is Cc1cccnc1CNCCCCl. The number of hydrogen-bond acceptors (Lipinski definition) is 2. The first-order valence-electron chi connectivity index (χ1n) is 4.52. The van der Waals surface area contributed by atoms with Crippen LogP contribution in [0.4, 0.5) is 0 Å². The van der Waals surface area contributed by atoms with E-state index in [1.165, 1.54) is 5.56 Å². The van der Waals surface area contributed by atoms with Crippen molar-refractivity contribution in [2.75, 3.05) is 12.4 Å². The van der Waals surface area contributed by atoms with Gasteiger partial charge >= 0.3 is 0 Å².